The van der Waals surface area contributed by atoms with Crippen LogP contribution in [0, 0.1) is 19.8 Å². The summed E-state index contributed by atoms with van der Waals surface area (Å²) < 4.78 is 27.5. The van der Waals surface area contributed by atoms with Gasteiger partial charge in [-0.25, -0.2) is 8.42 Å². The lowest BCUT2D eigenvalue weighted by atomic mass is 9.93. The van der Waals surface area contributed by atoms with E-state index < -0.39 is 10.0 Å². The minimum atomic E-state index is -3.34. The van der Waals surface area contributed by atoms with E-state index >= 15 is 0 Å². The van der Waals surface area contributed by atoms with Gasteiger partial charge in [0.05, 0.1) is 0 Å². The van der Waals surface area contributed by atoms with Crippen molar-refractivity contribution in [1.82, 2.24) is 4.31 Å². The van der Waals surface area contributed by atoms with Gasteiger partial charge in [0, 0.05) is 24.0 Å². The minimum Gasteiger partial charge on any atom is -0.328 e. The summed E-state index contributed by atoms with van der Waals surface area (Å²) >= 11 is 1.36. The average Bonchev–Trinajstić information content (AvgIpc) is 2.69. The number of thiophene rings is 1. The van der Waals surface area contributed by atoms with Crippen molar-refractivity contribution in [2.24, 2.45) is 11.7 Å². The topological polar surface area (TPSA) is 63.4 Å². The van der Waals surface area contributed by atoms with Gasteiger partial charge in [-0.05, 0) is 51.2 Å². The largest absolute Gasteiger partial charge is 0.328 e. The van der Waals surface area contributed by atoms with Crippen LogP contribution in [0.1, 0.15) is 30.2 Å². The minimum absolute atomic E-state index is 0. The molecule has 2 unspecified atom stereocenters. The molecule has 7 heteroatoms. The molecule has 1 aliphatic rings. The van der Waals surface area contributed by atoms with E-state index in [0.29, 0.717) is 17.3 Å². The molecule has 20 heavy (non-hydrogen) atoms. The van der Waals surface area contributed by atoms with Gasteiger partial charge in [0.2, 0.25) is 0 Å². The van der Waals surface area contributed by atoms with Crippen LogP contribution in [0.3, 0.4) is 0 Å². The lowest BCUT2D eigenvalue weighted by molar-refractivity contribution is 0.243. The van der Waals surface area contributed by atoms with Crippen molar-refractivity contribution in [3.8, 4) is 0 Å². The molecule has 0 spiro atoms. The van der Waals surface area contributed by atoms with Crippen molar-refractivity contribution in [2.75, 3.05) is 13.1 Å². The molecule has 0 bridgehead atoms. The molecule has 0 aliphatic carbocycles. The maximum absolute atomic E-state index is 12.7. The van der Waals surface area contributed by atoms with Gasteiger partial charge in [0.25, 0.3) is 10.0 Å². The average molecular weight is 339 g/mol. The molecule has 1 aromatic rings. The summed E-state index contributed by atoms with van der Waals surface area (Å²) in [4.78, 5) is 1.04. The van der Waals surface area contributed by atoms with Crippen LogP contribution in [0.5, 0.6) is 0 Å². The number of halogens is 1. The van der Waals surface area contributed by atoms with E-state index in [0.717, 1.165) is 23.3 Å². The number of hydrogen-bond donors (Lipinski definition) is 1. The van der Waals surface area contributed by atoms with Gasteiger partial charge in [-0.15, -0.1) is 23.7 Å². The van der Waals surface area contributed by atoms with Crippen molar-refractivity contribution in [1.29, 1.82) is 0 Å². The highest BCUT2D eigenvalue weighted by atomic mass is 35.5. The van der Waals surface area contributed by atoms with Gasteiger partial charge in [-0.2, -0.15) is 4.31 Å². The maximum Gasteiger partial charge on any atom is 0.252 e. The van der Waals surface area contributed by atoms with Gasteiger partial charge >= 0.3 is 0 Å². The van der Waals surface area contributed by atoms with Crippen molar-refractivity contribution < 1.29 is 8.42 Å². The molecular formula is C13H23ClN2O2S2. The smallest absolute Gasteiger partial charge is 0.252 e. The molecule has 2 N–H and O–H groups in total. The summed E-state index contributed by atoms with van der Waals surface area (Å²) in [7, 11) is -3.34. The van der Waals surface area contributed by atoms with Gasteiger partial charge in [0.1, 0.15) is 4.21 Å². The number of piperidine rings is 1. The van der Waals surface area contributed by atoms with Crippen LogP contribution in [0.4, 0.5) is 0 Å². The van der Waals surface area contributed by atoms with Crippen molar-refractivity contribution in [3.05, 3.63) is 16.5 Å². The molecule has 0 radical (unpaired) electrons. The number of rotatable bonds is 3. The lowest BCUT2D eigenvalue weighted by Crippen LogP contribution is -2.44. The molecule has 1 fully saturated rings. The number of hydrogen-bond acceptors (Lipinski definition) is 4. The molecule has 116 valence electrons. The zero-order valence-corrected chi connectivity index (χ0v) is 14.6. The third kappa shape index (κ3) is 3.54. The second kappa shape index (κ2) is 6.75. The Morgan fingerprint density at radius 1 is 1.45 bits per heavy atom. The fraction of sp³-hybridized carbons (Fsp3) is 0.692. The Labute approximate surface area is 131 Å². The van der Waals surface area contributed by atoms with Gasteiger partial charge in [-0.1, -0.05) is 0 Å². The van der Waals surface area contributed by atoms with Crippen LogP contribution < -0.4 is 5.73 Å². The Hall–Kier alpha value is -0.140. The van der Waals surface area contributed by atoms with Gasteiger partial charge in [-0.3, -0.25) is 0 Å². The number of sulfonamides is 1. The Morgan fingerprint density at radius 2 is 2.10 bits per heavy atom. The predicted molar refractivity (Wildman–Crippen MR) is 86.2 cm³/mol. The van der Waals surface area contributed by atoms with E-state index in [9.17, 15) is 8.42 Å². The normalized spacial score (nSPS) is 22.3. The van der Waals surface area contributed by atoms with E-state index in [-0.39, 0.29) is 24.4 Å². The summed E-state index contributed by atoms with van der Waals surface area (Å²) in [5.41, 5.74) is 6.78. The van der Waals surface area contributed by atoms with E-state index in [2.05, 4.69) is 0 Å². The highest BCUT2D eigenvalue weighted by Crippen LogP contribution is 2.31. The Kier molecular flexibility index (Phi) is 6.04. The van der Waals surface area contributed by atoms with Crippen LogP contribution in [-0.2, 0) is 10.0 Å². The van der Waals surface area contributed by atoms with E-state index in [1.165, 1.54) is 11.3 Å². The zero-order valence-electron chi connectivity index (χ0n) is 12.1. The first-order valence-electron chi connectivity index (χ1n) is 6.65. The molecule has 1 aliphatic heterocycles. The molecule has 0 amide bonds. The molecule has 0 aromatic carbocycles. The lowest BCUT2D eigenvalue weighted by Gasteiger charge is -2.33. The van der Waals surface area contributed by atoms with Gasteiger partial charge in [0.15, 0.2) is 0 Å². The highest BCUT2D eigenvalue weighted by Gasteiger charge is 2.33. The summed E-state index contributed by atoms with van der Waals surface area (Å²) in [5, 5.41) is 0. The first-order chi connectivity index (χ1) is 8.82. The highest BCUT2D eigenvalue weighted by molar-refractivity contribution is 7.91. The summed E-state index contributed by atoms with van der Waals surface area (Å²) in [5.74, 6) is 0.268. The van der Waals surface area contributed by atoms with Gasteiger partial charge < -0.3 is 5.73 Å². The van der Waals surface area contributed by atoms with Crippen molar-refractivity contribution >= 4 is 33.8 Å². The first-order valence-corrected chi connectivity index (χ1v) is 8.91. The number of aryl methyl sites for hydroxylation is 2. The quantitative estimate of drug-likeness (QED) is 0.921. The number of nitrogens with zero attached hydrogens (tertiary/aromatic N) is 1. The van der Waals surface area contributed by atoms with E-state index in [1.807, 2.05) is 26.8 Å². The number of nitrogens with two attached hydrogens (primary N) is 1. The molecule has 1 saturated heterocycles. The van der Waals surface area contributed by atoms with Crippen LogP contribution in [0.25, 0.3) is 0 Å². The fourth-order valence-corrected chi connectivity index (χ4v) is 5.95. The zero-order chi connectivity index (χ0) is 14.2. The van der Waals surface area contributed by atoms with Crippen LogP contribution >= 0.6 is 23.7 Å². The standard InChI is InChI=1S/C13H22N2O2S2.ClH/c1-9-7-10(2)18-13(9)19(16,17)15-6-4-5-12(8-15)11(3)14;/h7,11-12H,4-6,8,14H2,1-3H3;1H. The maximum atomic E-state index is 12.7. The van der Waals surface area contributed by atoms with Crippen molar-refractivity contribution in [3.63, 3.8) is 0 Å². The third-order valence-corrected chi connectivity index (χ3v) is 7.36. The Balaban J connectivity index is 0.00000200. The molecule has 2 heterocycles. The predicted octanol–water partition coefficient (Wildman–Crippen LogP) is 2.53. The Bertz CT molecular complexity index is 555. The monoisotopic (exact) mass is 338 g/mol. The SMILES string of the molecule is Cc1cc(C)c(S(=O)(=O)N2CCCC(C(C)N)C2)s1.Cl. The molecule has 2 rings (SSSR count). The first kappa shape index (κ1) is 17.9. The fourth-order valence-electron chi connectivity index (χ4n) is 2.61. The van der Waals surface area contributed by atoms with Crippen LogP contribution in [0.15, 0.2) is 10.3 Å². The molecular weight excluding hydrogens is 316 g/mol. The van der Waals surface area contributed by atoms with E-state index in [4.69, 9.17) is 5.73 Å². The van der Waals surface area contributed by atoms with E-state index in [1.54, 1.807) is 4.31 Å². The molecule has 1 aromatic heterocycles. The summed E-state index contributed by atoms with van der Waals surface area (Å²) in [6.07, 6.45) is 1.92. The second-order valence-corrected chi connectivity index (χ2v) is 8.84. The molecule has 4 nitrogen and oxygen atoms in total. The Morgan fingerprint density at radius 3 is 2.60 bits per heavy atom. The summed E-state index contributed by atoms with van der Waals surface area (Å²) in [6.45, 7) is 6.93. The second-order valence-electron chi connectivity index (χ2n) is 5.45. The van der Waals surface area contributed by atoms with Crippen LogP contribution in [-0.4, -0.2) is 31.9 Å². The molecule has 2 atom stereocenters. The summed E-state index contributed by atoms with van der Waals surface area (Å²) in [6, 6.07) is 1.98. The van der Waals surface area contributed by atoms with Crippen molar-refractivity contribution in [2.45, 2.75) is 43.9 Å². The molecule has 0 saturated carbocycles. The third-order valence-electron chi connectivity index (χ3n) is 3.73. The van der Waals surface area contributed by atoms with Crippen LogP contribution in [0.2, 0.25) is 0 Å².